The second-order valence-electron chi connectivity index (χ2n) is 18.0. The van der Waals surface area contributed by atoms with E-state index >= 15 is 0 Å². The Morgan fingerprint density at radius 3 is 1.53 bits per heavy atom. The van der Waals surface area contributed by atoms with Crippen molar-refractivity contribution in [1.82, 2.24) is 15.0 Å². The molecule has 0 saturated carbocycles. The van der Waals surface area contributed by atoms with Crippen molar-refractivity contribution >= 4 is 21.5 Å². The fourth-order valence-corrected chi connectivity index (χ4v) is 10.5. The van der Waals surface area contributed by atoms with E-state index in [-0.39, 0.29) is 10.8 Å². The zero-order chi connectivity index (χ0) is 41.7. The first kappa shape index (κ1) is 36.4. The zero-order valence-corrected chi connectivity index (χ0v) is 35.2. The summed E-state index contributed by atoms with van der Waals surface area (Å²) in [7, 11) is 0. The highest BCUT2D eigenvalue weighted by molar-refractivity contribution is 6.04. The lowest BCUT2D eigenvalue weighted by molar-refractivity contribution is 0.660. The van der Waals surface area contributed by atoms with Gasteiger partial charge in [-0.2, -0.15) is 0 Å². The average molecular weight is 794 g/mol. The van der Waals surface area contributed by atoms with Crippen LogP contribution in [0.15, 0.2) is 188 Å². The predicted octanol–water partition coefficient (Wildman–Crippen LogP) is 15.1. The first-order valence-corrected chi connectivity index (χ1v) is 21.6. The Labute approximate surface area is 362 Å². The Bertz CT molecular complexity index is 3470. The summed E-state index contributed by atoms with van der Waals surface area (Å²) in [6.45, 7) is 9.32. The van der Waals surface area contributed by atoms with Gasteiger partial charge in [-0.05, 0) is 113 Å². The molecule has 294 valence electrons. The number of nitrogens with zero attached hydrogens (tertiary/aromatic N) is 3. The number of fused-ring (bicyclic) bond motifs is 8. The molecule has 0 N–H and O–H groups in total. The molecule has 0 aliphatic heterocycles. The van der Waals surface area contributed by atoms with E-state index in [0.717, 1.165) is 32.8 Å². The minimum absolute atomic E-state index is 0.0485. The van der Waals surface area contributed by atoms with Crippen LogP contribution in [0.1, 0.15) is 49.9 Å². The summed E-state index contributed by atoms with van der Waals surface area (Å²) in [5.41, 5.74) is 18.2. The molecule has 1 aromatic heterocycles. The van der Waals surface area contributed by atoms with Crippen LogP contribution in [0.25, 0.3) is 100 Å². The van der Waals surface area contributed by atoms with Crippen molar-refractivity contribution in [3.63, 3.8) is 0 Å². The molecule has 0 radical (unpaired) electrons. The van der Waals surface area contributed by atoms with E-state index in [1.807, 2.05) is 0 Å². The lowest BCUT2D eigenvalue weighted by Gasteiger charge is -2.21. The number of aromatic nitrogens is 3. The molecule has 10 aromatic rings. The molecule has 9 aromatic carbocycles. The van der Waals surface area contributed by atoms with Crippen molar-refractivity contribution in [2.45, 2.75) is 38.5 Å². The molecular weight excluding hydrogens is 751 g/mol. The van der Waals surface area contributed by atoms with E-state index in [0.29, 0.717) is 17.5 Å². The molecule has 0 fully saturated rings. The van der Waals surface area contributed by atoms with Crippen molar-refractivity contribution in [1.29, 1.82) is 0 Å². The molecule has 1 heterocycles. The van der Waals surface area contributed by atoms with Gasteiger partial charge < -0.3 is 0 Å². The number of rotatable bonds is 5. The van der Waals surface area contributed by atoms with E-state index in [4.69, 9.17) is 15.0 Å². The van der Waals surface area contributed by atoms with Gasteiger partial charge in [0.25, 0.3) is 0 Å². The second kappa shape index (κ2) is 13.5. The Hall–Kier alpha value is -7.49. The molecule has 2 aliphatic carbocycles. The maximum Gasteiger partial charge on any atom is 0.164 e. The maximum absolute atomic E-state index is 5.31. The van der Waals surface area contributed by atoms with Crippen LogP contribution >= 0.6 is 0 Å². The highest BCUT2D eigenvalue weighted by Crippen LogP contribution is 2.53. The monoisotopic (exact) mass is 793 g/mol. The summed E-state index contributed by atoms with van der Waals surface area (Å²) in [5.74, 6) is 1.96. The van der Waals surface area contributed by atoms with Crippen molar-refractivity contribution in [3.8, 4) is 78.7 Å². The maximum atomic E-state index is 5.31. The molecule has 0 atom stereocenters. The van der Waals surface area contributed by atoms with Crippen LogP contribution in [0.3, 0.4) is 0 Å². The highest BCUT2D eigenvalue weighted by Gasteiger charge is 2.37. The molecule has 62 heavy (non-hydrogen) atoms. The normalized spacial score (nSPS) is 14.1. The fourth-order valence-electron chi connectivity index (χ4n) is 10.5. The van der Waals surface area contributed by atoms with Crippen LogP contribution in [0.5, 0.6) is 0 Å². The quantitative estimate of drug-likeness (QED) is 0.174. The predicted molar refractivity (Wildman–Crippen MR) is 257 cm³/mol. The summed E-state index contributed by atoms with van der Waals surface area (Å²) in [4.78, 5) is 15.9. The van der Waals surface area contributed by atoms with Crippen LogP contribution in [-0.4, -0.2) is 15.0 Å². The highest BCUT2D eigenvalue weighted by atomic mass is 15.0. The summed E-state index contributed by atoms with van der Waals surface area (Å²) >= 11 is 0. The number of benzene rings is 9. The Balaban J connectivity index is 1.01. The summed E-state index contributed by atoms with van der Waals surface area (Å²) in [5, 5.41) is 4.57. The van der Waals surface area contributed by atoms with Gasteiger partial charge in [0.2, 0.25) is 0 Å². The van der Waals surface area contributed by atoms with Gasteiger partial charge in [0.15, 0.2) is 17.5 Å². The van der Waals surface area contributed by atoms with E-state index < -0.39 is 0 Å². The van der Waals surface area contributed by atoms with Gasteiger partial charge in [0.05, 0.1) is 0 Å². The molecule has 3 nitrogen and oxygen atoms in total. The molecule has 0 bridgehead atoms. The SMILES string of the molecule is CC1(C)c2ccccc2-c2ccc(-c3nc(-c4ccc5cc(-c6cccc7c6-c6ccccc6C7(C)C)ccc5c4)nc(-c4ccc(-c5ccccc5)c5ccccc45)n3)cc21. The van der Waals surface area contributed by atoms with Crippen molar-refractivity contribution < 1.29 is 0 Å². The lowest BCUT2D eigenvalue weighted by atomic mass is 9.82. The van der Waals surface area contributed by atoms with Gasteiger partial charge in [-0.25, -0.2) is 15.0 Å². The van der Waals surface area contributed by atoms with Crippen LogP contribution in [0.4, 0.5) is 0 Å². The minimum atomic E-state index is -0.152. The molecular formula is C59H43N3. The zero-order valence-electron chi connectivity index (χ0n) is 35.2. The van der Waals surface area contributed by atoms with E-state index in [2.05, 4.69) is 216 Å². The Kier molecular flexibility index (Phi) is 7.92. The van der Waals surface area contributed by atoms with Crippen molar-refractivity contribution in [3.05, 3.63) is 210 Å². The van der Waals surface area contributed by atoms with Gasteiger partial charge >= 0.3 is 0 Å². The van der Waals surface area contributed by atoms with Crippen molar-refractivity contribution in [2.24, 2.45) is 0 Å². The minimum Gasteiger partial charge on any atom is -0.208 e. The molecule has 2 aliphatic rings. The molecule has 0 spiro atoms. The second-order valence-corrected chi connectivity index (χ2v) is 18.0. The van der Waals surface area contributed by atoms with Gasteiger partial charge in [-0.3, -0.25) is 0 Å². The van der Waals surface area contributed by atoms with Crippen LogP contribution < -0.4 is 0 Å². The number of hydrogen-bond donors (Lipinski definition) is 0. The van der Waals surface area contributed by atoms with E-state index in [1.165, 1.54) is 72.1 Å². The number of hydrogen-bond acceptors (Lipinski definition) is 3. The summed E-state index contributed by atoms with van der Waals surface area (Å²) in [6, 6.07) is 68.2. The molecule has 0 amide bonds. The largest absolute Gasteiger partial charge is 0.208 e. The van der Waals surface area contributed by atoms with Gasteiger partial charge in [-0.15, -0.1) is 0 Å². The third kappa shape index (κ3) is 5.48. The molecule has 3 heteroatoms. The average Bonchev–Trinajstić information content (AvgIpc) is 3.70. The van der Waals surface area contributed by atoms with Crippen LogP contribution in [0.2, 0.25) is 0 Å². The Morgan fingerprint density at radius 2 is 0.774 bits per heavy atom. The van der Waals surface area contributed by atoms with Gasteiger partial charge in [0.1, 0.15) is 0 Å². The molecule has 0 saturated heterocycles. The van der Waals surface area contributed by atoms with Gasteiger partial charge in [0, 0.05) is 27.5 Å². The molecule has 12 rings (SSSR count). The van der Waals surface area contributed by atoms with Crippen LogP contribution in [0, 0.1) is 0 Å². The van der Waals surface area contributed by atoms with E-state index in [1.54, 1.807) is 0 Å². The topological polar surface area (TPSA) is 38.7 Å². The first-order valence-electron chi connectivity index (χ1n) is 21.6. The molecule has 0 unspecified atom stereocenters. The first-order chi connectivity index (χ1) is 30.2. The lowest BCUT2D eigenvalue weighted by Crippen LogP contribution is -2.15. The van der Waals surface area contributed by atoms with Gasteiger partial charge in [-0.1, -0.05) is 191 Å². The van der Waals surface area contributed by atoms with Crippen molar-refractivity contribution in [2.75, 3.05) is 0 Å². The van der Waals surface area contributed by atoms with Crippen LogP contribution in [-0.2, 0) is 10.8 Å². The fraction of sp³-hybridized carbons (Fsp3) is 0.102. The van der Waals surface area contributed by atoms with E-state index in [9.17, 15) is 0 Å². The smallest absolute Gasteiger partial charge is 0.164 e. The standard InChI is InChI=1S/C59H43N3/c1-58(2)51-23-13-11-20-49(51)54-43(21-14-24-52(54)58)39-27-25-38-34-40(28-26-37(38)33-39)55-60-56(41-29-30-47-46-19-10-12-22-50(46)59(3,4)53(47)35-41)62-57(61-55)48-32-31-42(36-15-6-5-7-16-36)44-17-8-9-18-45(44)48/h5-35H,1-4H3. The third-order valence-electron chi connectivity index (χ3n) is 13.7. The summed E-state index contributed by atoms with van der Waals surface area (Å²) in [6.07, 6.45) is 0. The Morgan fingerprint density at radius 1 is 0.290 bits per heavy atom. The third-order valence-corrected chi connectivity index (χ3v) is 13.7. The summed E-state index contributed by atoms with van der Waals surface area (Å²) < 4.78 is 0.